The molecule has 4 N–H and O–H groups in total. The molecule has 0 spiro atoms. The first-order chi connectivity index (χ1) is 14.7. The van der Waals surface area contributed by atoms with E-state index in [2.05, 4.69) is 25.6 Å². The zero-order valence-corrected chi connectivity index (χ0v) is 15.8. The molecule has 1 aromatic carbocycles. The first kappa shape index (κ1) is 21.7. The summed E-state index contributed by atoms with van der Waals surface area (Å²) in [4.78, 5) is 24.3. The Balaban J connectivity index is 1.94. The molecule has 160 valence electrons. The van der Waals surface area contributed by atoms with Crippen LogP contribution in [0.4, 0.5) is 29.2 Å². The number of para-hydroxylation sites is 1. The quantitative estimate of drug-likeness (QED) is 0.510. The Bertz CT molecular complexity index is 1170. The van der Waals surface area contributed by atoms with Crippen LogP contribution in [0, 0.1) is 17.1 Å². The number of amides is 1. The van der Waals surface area contributed by atoms with Crippen molar-refractivity contribution in [1.82, 2.24) is 20.3 Å². The third kappa shape index (κ3) is 5.13. The SMILES string of the molecule is N#Cc1c(N)ncnc1NCc1nc2c(F)cccc2cc1C(=O)NCCC(F)(F)F. The van der Waals surface area contributed by atoms with Gasteiger partial charge in [-0.2, -0.15) is 18.4 Å². The Morgan fingerprint density at radius 1 is 1.26 bits per heavy atom. The minimum atomic E-state index is -4.43. The van der Waals surface area contributed by atoms with Crippen LogP contribution >= 0.6 is 0 Å². The highest BCUT2D eigenvalue weighted by Gasteiger charge is 2.27. The van der Waals surface area contributed by atoms with Crippen molar-refractivity contribution in [3.05, 3.63) is 53.2 Å². The molecule has 2 heterocycles. The van der Waals surface area contributed by atoms with E-state index in [1.54, 1.807) is 0 Å². The number of anilines is 2. The number of nitrogens with zero attached hydrogens (tertiary/aromatic N) is 4. The van der Waals surface area contributed by atoms with Gasteiger partial charge in [0.1, 0.15) is 40.9 Å². The number of rotatable bonds is 6. The average Bonchev–Trinajstić information content (AvgIpc) is 2.71. The Morgan fingerprint density at radius 3 is 2.74 bits per heavy atom. The van der Waals surface area contributed by atoms with Gasteiger partial charge in [0.25, 0.3) is 5.91 Å². The largest absolute Gasteiger partial charge is 0.390 e. The van der Waals surface area contributed by atoms with E-state index in [1.165, 1.54) is 24.3 Å². The Morgan fingerprint density at radius 2 is 2.03 bits per heavy atom. The van der Waals surface area contributed by atoms with Crippen molar-refractivity contribution in [2.24, 2.45) is 0 Å². The highest BCUT2D eigenvalue weighted by atomic mass is 19.4. The fourth-order valence-electron chi connectivity index (χ4n) is 2.76. The van der Waals surface area contributed by atoms with Crippen LogP contribution in [0.2, 0.25) is 0 Å². The topological polar surface area (TPSA) is 130 Å². The molecule has 1 amide bonds. The van der Waals surface area contributed by atoms with E-state index in [9.17, 15) is 27.6 Å². The summed E-state index contributed by atoms with van der Waals surface area (Å²) in [6.07, 6.45) is -4.51. The van der Waals surface area contributed by atoms with Crippen LogP contribution in [0.5, 0.6) is 0 Å². The monoisotopic (exact) mass is 433 g/mol. The second-order valence-corrected chi connectivity index (χ2v) is 6.36. The molecule has 8 nitrogen and oxygen atoms in total. The third-order valence-corrected chi connectivity index (χ3v) is 4.23. The van der Waals surface area contributed by atoms with Gasteiger partial charge in [0.2, 0.25) is 0 Å². The number of fused-ring (bicyclic) bond motifs is 1. The Hall–Kier alpha value is -4.01. The van der Waals surface area contributed by atoms with Gasteiger partial charge in [-0.25, -0.2) is 19.3 Å². The number of aromatic nitrogens is 3. The highest BCUT2D eigenvalue weighted by Crippen LogP contribution is 2.22. The standard InChI is InChI=1S/C19H15F4N7O/c20-13-3-1-2-10-6-11(18(31)26-5-4-19(21,22)23)14(30-15(10)13)8-27-17-12(7-24)16(25)28-9-29-17/h1-3,6,9H,4-5,8H2,(H,26,31)(H3,25,27,28,29). The molecular weight excluding hydrogens is 418 g/mol. The lowest BCUT2D eigenvalue weighted by atomic mass is 10.1. The van der Waals surface area contributed by atoms with Crippen molar-refractivity contribution in [2.45, 2.75) is 19.1 Å². The highest BCUT2D eigenvalue weighted by molar-refractivity contribution is 5.98. The van der Waals surface area contributed by atoms with Gasteiger partial charge in [-0.15, -0.1) is 0 Å². The van der Waals surface area contributed by atoms with Gasteiger partial charge in [0.05, 0.1) is 24.2 Å². The fourth-order valence-corrected chi connectivity index (χ4v) is 2.76. The van der Waals surface area contributed by atoms with Crippen molar-refractivity contribution in [2.75, 3.05) is 17.6 Å². The number of carbonyl (C=O) groups excluding carboxylic acids is 1. The van der Waals surface area contributed by atoms with Gasteiger partial charge in [0.15, 0.2) is 0 Å². The van der Waals surface area contributed by atoms with Crippen LogP contribution in [0.3, 0.4) is 0 Å². The molecule has 0 aliphatic heterocycles. The number of alkyl halides is 3. The first-order valence-electron chi connectivity index (χ1n) is 8.87. The van der Waals surface area contributed by atoms with Gasteiger partial charge < -0.3 is 16.4 Å². The summed E-state index contributed by atoms with van der Waals surface area (Å²) < 4.78 is 51.3. The number of nitriles is 1. The van der Waals surface area contributed by atoms with Gasteiger partial charge >= 0.3 is 6.18 Å². The van der Waals surface area contributed by atoms with E-state index >= 15 is 0 Å². The van der Waals surface area contributed by atoms with Gasteiger partial charge in [-0.1, -0.05) is 12.1 Å². The lowest BCUT2D eigenvalue weighted by molar-refractivity contribution is -0.132. The second kappa shape index (κ2) is 8.78. The molecule has 3 aromatic rings. The van der Waals surface area contributed by atoms with E-state index in [1.807, 2.05) is 6.07 Å². The molecule has 31 heavy (non-hydrogen) atoms. The third-order valence-electron chi connectivity index (χ3n) is 4.23. The van der Waals surface area contributed by atoms with E-state index in [0.29, 0.717) is 5.39 Å². The number of halogens is 4. The zero-order chi connectivity index (χ0) is 22.6. The van der Waals surface area contributed by atoms with E-state index < -0.39 is 30.9 Å². The van der Waals surface area contributed by atoms with Crippen LogP contribution in [0.1, 0.15) is 28.0 Å². The summed E-state index contributed by atoms with van der Waals surface area (Å²) in [5.41, 5.74) is 5.57. The van der Waals surface area contributed by atoms with Gasteiger partial charge in [-0.3, -0.25) is 4.79 Å². The minimum Gasteiger partial charge on any atom is -0.382 e. The summed E-state index contributed by atoms with van der Waals surface area (Å²) in [7, 11) is 0. The molecule has 3 rings (SSSR count). The van der Waals surface area contributed by atoms with Crippen LogP contribution in [0.15, 0.2) is 30.6 Å². The molecule has 0 atom stereocenters. The van der Waals surface area contributed by atoms with E-state index in [4.69, 9.17) is 5.73 Å². The molecule has 0 fully saturated rings. The predicted molar refractivity (Wildman–Crippen MR) is 103 cm³/mol. The maximum absolute atomic E-state index is 14.2. The van der Waals surface area contributed by atoms with Crippen molar-refractivity contribution < 1.29 is 22.4 Å². The maximum atomic E-state index is 14.2. The molecule has 0 radical (unpaired) electrons. The molecule has 0 aliphatic carbocycles. The van der Waals surface area contributed by atoms with Crippen molar-refractivity contribution in [1.29, 1.82) is 5.26 Å². The first-order valence-corrected chi connectivity index (χ1v) is 8.87. The molecular formula is C19H15F4N7O. The van der Waals surface area contributed by atoms with Gasteiger partial charge in [0, 0.05) is 11.9 Å². The molecule has 2 aromatic heterocycles. The number of hydrogen-bond acceptors (Lipinski definition) is 7. The van der Waals surface area contributed by atoms with Gasteiger partial charge in [-0.05, 0) is 12.1 Å². The lowest BCUT2D eigenvalue weighted by Gasteiger charge is -2.14. The van der Waals surface area contributed by atoms with Crippen LogP contribution in [-0.2, 0) is 6.54 Å². The number of nitrogen functional groups attached to an aromatic ring is 1. The minimum absolute atomic E-state index is 0.0196. The van der Waals surface area contributed by atoms with Crippen molar-refractivity contribution in [3.63, 3.8) is 0 Å². The molecule has 0 saturated heterocycles. The summed E-state index contributed by atoms with van der Waals surface area (Å²) >= 11 is 0. The summed E-state index contributed by atoms with van der Waals surface area (Å²) in [5, 5.41) is 14.5. The summed E-state index contributed by atoms with van der Waals surface area (Å²) in [6.45, 7) is -0.811. The molecule has 0 unspecified atom stereocenters. The van der Waals surface area contributed by atoms with Crippen LogP contribution in [0.25, 0.3) is 10.9 Å². The normalized spacial score (nSPS) is 11.2. The molecule has 0 saturated carbocycles. The Labute approximate surface area is 173 Å². The van der Waals surface area contributed by atoms with Crippen LogP contribution in [-0.4, -0.2) is 33.6 Å². The number of nitrogens with two attached hydrogens (primary N) is 1. The molecule has 0 aliphatic rings. The number of pyridine rings is 1. The summed E-state index contributed by atoms with van der Waals surface area (Å²) in [6, 6.07) is 7.31. The van der Waals surface area contributed by atoms with Crippen molar-refractivity contribution in [3.8, 4) is 6.07 Å². The van der Waals surface area contributed by atoms with E-state index in [-0.39, 0.29) is 40.5 Å². The average molecular weight is 433 g/mol. The zero-order valence-electron chi connectivity index (χ0n) is 15.8. The number of carbonyl (C=O) groups is 1. The smallest absolute Gasteiger partial charge is 0.382 e. The Kier molecular flexibility index (Phi) is 6.15. The maximum Gasteiger partial charge on any atom is 0.390 e. The lowest BCUT2D eigenvalue weighted by Crippen LogP contribution is -2.29. The number of benzene rings is 1. The predicted octanol–water partition coefficient (Wildman–Crippen LogP) is 2.91. The second-order valence-electron chi connectivity index (χ2n) is 6.36. The van der Waals surface area contributed by atoms with Crippen LogP contribution < -0.4 is 16.4 Å². The number of hydrogen-bond donors (Lipinski definition) is 3. The van der Waals surface area contributed by atoms with E-state index in [0.717, 1.165) is 6.33 Å². The fraction of sp³-hybridized carbons (Fsp3) is 0.211. The number of nitrogens with one attached hydrogen (secondary N) is 2. The molecule has 0 bridgehead atoms. The van der Waals surface area contributed by atoms with Crippen molar-refractivity contribution >= 4 is 28.4 Å². The summed E-state index contributed by atoms with van der Waals surface area (Å²) in [5.74, 6) is -1.44. The molecule has 12 heteroatoms.